The third-order valence-corrected chi connectivity index (χ3v) is 6.75. The summed E-state index contributed by atoms with van der Waals surface area (Å²) in [6.45, 7) is 7.43. The molecule has 0 saturated carbocycles. The van der Waals surface area contributed by atoms with Crippen molar-refractivity contribution in [1.82, 2.24) is 29.4 Å². The first kappa shape index (κ1) is 31.0. The number of halogens is 5. The molecule has 1 aromatic carbocycles. The number of benzene rings is 1. The molecular formula is C29H30F5N7O3. The van der Waals surface area contributed by atoms with Gasteiger partial charge in [0.25, 0.3) is 0 Å². The summed E-state index contributed by atoms with van der Waals surface area (Å²) in [5.74, 6) is -5.88. The SMILES string of the molecule is CC(C)(C)OC(=O)Nc1cc(CN2CCC(Oc3ccc(-n4c(C(F)(F)C(F)(F)F)nc5cncnc54)cc3)CC2)ccn1. The van der Waals surface area contributed by atoms with Crippen LogP contribution in [-0.2, 0) is 17.2 Å². The van der Waals surface area contributed by atoms with Gasteiger partial charge in [0.1, 0.15) is 35.1 Å². The highest BCUT2D eigenvalue weighted by atomic mass is 19.4. The summed E-state index contributed by atoms with van der Waals surface area (Å²) in [6, 6.07) is 9.46. The van der Waals surface area contributed by atoms with Gasteiger partial charge in [-0.05, 0) is 75.6 Å². The Kier molecular flexibility index (Phi) is 8.42. The van der Waals surface area contributed by atoms with Gasteiger partial charge in [-0.2, -0.15) is 22.0 Å². The van der Waals surface area contributed by atoms with E-state index in [-0.39, 0.29) is 23.0 Å². The number of hydrogen-bond acceptors (Lipinski definition) is 8. The Morgan fingerprint density at radius 2 is 1.73 bits per heavy atom. The Morgan fingerprint density at radius 3 is 2.39 bits per heavy atom. The highest BCUT2D eigenvalue weighted by Crippen LogP contribution is 2.44. The molecule has 234 valence electrons. The van der Waals surface area contributed by atoms with Crippen LogP contribution in [0.5, 0.6) is 5.75 Å². The molecule has 1 aliphatic rings. The third-order valence-electron chi connectivity index (χ3n) is 6.75. The Morgan fingerprint density at radius 1 is 1.02 bits per heavy atom. The Labute approximate surface area is 249 Å². The normalized spacial score (nSPS) is 15.4. The lowest BCUT2D eigenvalue weighted by Gasteiger charge is -2.32. The van der Waals surface area contributed by atoms with Crippen molar-refractivity contribution in [2.24, 2.45) is 0 Å². The Hall–Kier alpha value is -4.40. The molecule has 1 N–H and O–H groups in total. The van der Waals surface area contributed by atoms with E-state index in [0.717, 1.165) is 31.2 Å². The highest BCUT2D eigenvalue weighted by molar-refractivity contribution is 5.83. The van der Waals surface area contributed by atoms with E-state index in [1.54, 1.807) is 33.0 Å². The number of hydrogen-bond donors (Lipinski definition) is 1. The zero-order chi connectivity index (χ0) is 31.7. The maximum Gasteiger partial charge on any atom is 0.461 e. The topological polar surface area (TPSA) is 107 Å². The zero-order valence-corrected chi connectivity index (χ0v) is 24.1. The van der Waals surface area contributed by atoms with Crippen LogP contribution >= 0.6 is 0 Å². The van der Waals surface area contributed by atoms with Gasteiger partial charge in [-0.3, -0.25) is 14.8 Å². The average Bonchev–Trinajstić information content (AvgIpc) is 3.34. The smallest absolute Gasteiger partial charge is 0.461 e. The molecule has 0 bridgehead atoms. The van der Waals surface area contributed by atoms with E-state index in [0.29, 0.717) is 35.5 Å². The van der Waals surface area contributed by atoms with Crippen LogP contribution in [0.4, 0.5) is 32.6 Å². The summed E-state index contributed by atoms with van der Waals surface area (Å²) in [5, 5.41) is 2.64. The molecule has 15 heteroatoms. The number of nitrogens with one attached hydrogen (secondary N) is 1. The summed E-state index contributed by atoms with van der Waals surface area (Å²) in [5.41, 5.74) is -0.0139. The first-order valence-corrected chi connectivity index (χ1v) is 13.8. The van der Waals surface area contributed by atoms with E-state index in [9.17, 15) is 26.7 Å². The van der Waals surface area contributed by atoms with Gasteiger partial charge in [-0.15, -0.1) is 0 Å². The summed E-state index contributed by atoms with van der Waals surface area (Å²) in [7, 11) is 0. The molecule has 0 aliphatic carbocycles. The number of alkyl halides is 5. The molecule has 44 heavy (non-hydrogen) atoms. The number of imidazole rings is 1. The second kappa shape index (κ2) is 11.9. The van der Waals surface area contributed by atoms with Crippen molar-refractivity contribution >= 4 is 23.1 Å². The van der Waals surface area contributed by atoms with Gasteiger partial charge >= 0.3 is 18.2 Å². The highest BCUT2D eigenvalue weighted by Gasteiger charge is 2.62. The number of nitrogens with zero attached hydrogens (tertiary/aromatic N) is 6. The van der Waals surface area contributed by atoms with Crippen molar-refractivity contribution < 1.29 is 36.2 Å². The van der Waals surface area contributed by atoms with Crippen molar-refractivity contribution in [3.05, 3.63) is 66.5 Å². The van der Waals surface area contributed by atoms with Gasteiger partial charge in [0.15, 0.2) is 11.5 Å². The van der Waals surface area contributed by atoms with Crippen molar-refractivity contribution in [3.63, 3.8) is 0 Å². The van der Waals surface area contributed by atoms with Gasteiger partial charge in [-0.25, -0.2) is 24.7 Å². The van der Waals surface area contributed by atoms with Crippen molar-refractivity contribution in [1.29, 1.82) is 0 Å². The molecule has 4 heterocycles. The van der Waals surface area contributed by atoms with Crippen molar-refractivity contribution in [3.8, 4) is 11.4 Å². The van der Waals surface area contributed by atoms with Crippen LogP contribution in [0.1, 0.15) is 45.0 Å². The standard InChI is InChI=1S/C29H30F5N7O3/c1-27(2,3)44-26(42)39-23-14-18(8-11-36-23)16-40-12-9-21(10-13-40)43-20-6-4-19(5-7-20)41-24-22(15-35-17-37-24)38-25(41)28(30,31)29(32,33)34/h4-8,11,14-15,17,21H,9-10,12-13,16H2,1-3H3,(H,36,39,42). The van der Waals surface area contributed by atoms with E-state index >= 15 is 0 Å². The van der Waals surface area contributed by atoms with Gasteiger partial charge in [0.05, 0.1) is 6.20 Å². The zero-order valence-electron chi connectivity index (χ0n) is 24.1. The fourth-order valence-corrected chi connectivity index (χ4v) is 4.77. The average molecular weight is 620 g/mol. The van der Waals surface area contributed by atoms with Crippen molar-refractivity contribution in [2.45, 2.75) is 64.0 Å². The molecule has 1 saturated heterocycles. The van der Waals surface area contributed by atoms with E-state index in [4.69, 9.17) is 9.47 Å². The number of anilines is 1. The molecular weight excluding hydrogens is 589 g/mol. The minimum absolute atomic E-state index is 0.0187. The molecule has 0 unspecified atom stereocenters. The number of amides is 1. The lowest BCUT2D eigenvalue weighted by Crippen LogP contribution is -2.37. The fraction of sp³-hybridized carbons (Fsp3) is 0.414. The summed E-state index contributed by atoms with van der Waals surface area (Å²) < 4.78 is 80.6. The molecule has 0 atom stereocenters. The number of fused-ring (bicyclic) bond motifs is 1. The van der Waals surface area contributed by atoms with E-state index in [1.165, 1.54) is 24.3 Å². The first-order chi connectivity index (χ1) is 20.7. The number of carbonyl (C=O) groups excluding carboxylic acids is 1. The lowest BCUT2D eigenvalue weighted by atomic mass is 10.1. The number of likely N-dealkylation sites (tertiary alicyclic amines) is 1. The van der Waals surface area contributed by atoms with E-state index < -0.39 is 29.6 Å². The van der Waals surface area contributed by atoms with E-state index in [2.05, 4.69) is 30.2 Å². The quantitative estimate of drug-likeness (QED) is 0.242. The number of carbonyl (C=O) groups is 1. The van der Waals surface area contributed by atoms with Gasteiger partial charge < -0.3 is 9.47 Å². The second-order valence-electron chi connectivity index (χ2n) is 11.3. The molecule has 3 aromatic heterocycles. The van der Waals surface area contributed by atoms with Crippen LogP contribution in [0.15, 0.2) is 55.1 Å². The maximum absolute atomic E-state index is 14.4. The van der Waals surface area contributed by atoms with Crippen LogP contribution in [0.3, 0.4) is 0 Å². The number of aromatic nitrogens is 5. The molecule has 10 nitrogen and oxygen atoms in total. The maximum atomic E-state index is 14.4. The molecule has 4 aromatic rings. The number of rotatable bonds is 7. The fourth-order valence-electron chi connectivity index (χ4n) is 4.77. The molecule has 0 spiro atoms. The van der Waals surface area contributed by atoms with Crippen LogP contribution in [-0.4, -0.2) is 66.5 Å². The molecule has 0 radical (unpaired) electrons. The first-order valence-electron chi connectivity index (χ1n) is 13.8. The summed E-state index contributed by atoms with van der Waals surface area (Å²) in [4.78, 5) is 29.6. The minimum Gasteiger partial charge on any atom is -0.490 e. The predicted molar refractivity (Wildman–Crippen MR) is 150 cm³/mol. The Bertz CT molecular complexity index is 1610. The third kappa shape index (κ3) is 7.04. The predicted octanol–water partition coefficient (Wildman–Crippen LogP) is 6.26. The molecule has 1 amide bonds. The monoisotopic (exact) mass is 619 g/mol. The van der Waals surface area contributed by atoms with Crippen LogP contribution in [0, 0.1) is 0 Å². The van der Waals surface area contributed by atoms with E-state index in [1.807, 2.05) is 6.07 Å². The number of piperidine rings is 1. The lowest BCUT2D eigenvalue weighted by molar-refractivity contribution is -0.292. The van der Waals surface area contributed by atoms with Crippen LogP contribution in [0.25, 0.3) is 16.9 Å². The summed E-state index contributed by atoms with van der Waals surface area (Å²) >= 11 is 0. The molecule has 1 aliphatic heterocycles. The van der Waals surface area contributed by atoms with Gasteiger partial charge in [-0.1, -0.05) is 0 Å². The van der Waals surface area contributed by atoms with Gasteiger partial charge in [0.2, 0.25) is 0 Å². The molecule has 5 rings (SSSR count). The Balaban J connectivity index is 1.20. The number of pyridine rings is 1. The minimum atomic E-state index is -5.85. The second-order valence-corrected chi connectivity index (χ2v) is 11.3. The van der Waals surface area contributed by atoms with Gasteiger partial charge in [0, 0.05) is 31.5 Å². The van der Waals surface area contributed by atoms with Crippen LogP contribution < -0.4 is 10.1 Å². The number of ether oxygens (including phenoxy) is 2. The largest absolute Gasteiger partial charge is 0.490 e. The molecule has 1 fully saturated rings. The van der Waals surface area contributed by atoms with Crippen molar-refractivity contribution in [2.75, 3.05) is 18.4 Å². The summed E-state index contributed by atoms with van der Waals surface area (Å²) in [6.07, 6.45) is -1.39. The van der Waals surface area contributed by atoms with Crippen LogP contribution in [0.2, 0.25) is 0 Å².